The summed E-state index contributed by atoms with van der Waals surface area (Å²) in [5.74, 6) is -0.108. The summed E-state index contributed by atoms with van der Waals surface area (Å²) >= 11 is 0. The van der Waals surface area contributed by atoms with Crippen LogP contribution in [0.2, 0.25) is 0 Å². The number of nitrogens with one attached hydrogen (secondary N) is 2. The molecular formula is C24H22N4O3. The van der Waals surface area contributed by atoms with Crippen molar-refractivity contribution in [3.05, 3.63) is 71.5 Å². The van der Waals surface area contributed by atoms with Crippen molar-refractivity contribution >= 4 is 23.4 Å². The van der Waals surface area contributed by atoms with E-state index >= 15 is 0 Å². The molecule has 0 unspecified atom stereocenters. The Bertz CT molecular complexity index is 1150. The first-order valence-electron chi connectivity index (χ1n) is 10.5. The molecule has 31 heavy (non-hydrogen) atoms. The third kappa shape index (κ3) is 3.52. The molecule has 7 heteroatoms. The Balaban J connectivity index is 1.33. The van der Waals surface area contributed by atoms with Gasteiger partial charge in [0.2, 0.25) is 0 Å². The number of H-pyrrole nitrogens is 1. The molecule has 3 aromatic rings. The van der Waals surface area contributed by atoms with Gasteiger partial charge in [0.25, 0.3) is 17.7 Å². The number of nitrogens with zero attached hydrogens (tertiary/aromatic N) is 2. The summed E-state index contributed by atoms with van der Waals surface area (Å²) in [5, 5.41) is 2.84. The molecule has 2 aliphatic rings. The van der Waals surface area contributed by atoms with E-state index in [4.69, 9.17) is 0 Å². The second-order valence-electron chi connectivity index (χ2n) is 8.00. The molecule has 0 bridgehead atoms. The van der Waals surface area contributed by atoms with Gasteiger partial charge >= 0.3 is 0 Å². The minimum atomic E-state index is -0.329. The highest BCUT2D eigenvalue weighted by Gasteiger charge is 2.40. The van der Waals surface area contributed by atoms with Gasteiger partial charge in [0.05, 0.1) is 11.1 Å². The lowest BCUT2D eigenvalue weighted by Gasteiger charge is -2.29. The van der Waals surface area contributed by atoms with Crippen molar-refractivity contribution in [3.63, 3.8) is 0 Å². The molecule has 156 valence electrons. The molecule has 1 saturated carbocycles. The third-order valence-corrected chi connectivity index (χ3v) is 6.03. The molecule has 2 heterocycles. The number of rotatable bonds is 4. The standard InChI is InChI=1S/C24H22N4O3/c29-22(27-17-9-6-15(7-10-17)21-25-12-13-26-21)16-8-11-19-20(14-16)24(31)28(23(19)30)18-4-2-1-3-5-18/h6-14,18H,1-5H2,(H,25,26)(H,27,29). The lowest BCUT2D eigenvalue weighted by molar-refractivity contribution is 0.0549. The first kappa shape index (κ1) is 19.2. The van der Waals surface area contributed by atoms with Crippen molar-refractivity contribution in [2.24, 2.45) is 0 Å². The van der Waals surface area contributed by atoms with E-state index in [1.165, 1.54) is 11.0 Å². The summed E-state index contributed by atoms with van der Waals surface area (Å²) < 4.78 is 0. The summed E-state index contributed by atoms with van der Waals surface area (Å²) in [6.07, 6.45) is 8.35. The van der Waals surface area contributed by atoms with Crippen molar-refractivity contribution in [3.8, 4) is 11.4 Å². The maximum atomic E-state index is 13.0. The topological polar surface area (TPSA) is 95.2 Å². The zero-order valence-corrected chi connectivity index (χ0v) is 16.9. The molecule has 2 N–H and O–H groups in total. The second kappa shape index (κ2) is 7.83. The molecular weight excluding hydrogens is 392 g/mol. The van der Waals surface area contributed by atoms with Crippen LogP contribution in [0, 0.1) is 0 Å². The van der Waals surface area contributed by atoms with Crippen LogP contribution >= 0.6 is 0 Å². The quantitative estimate of drug-likeness (QED) is 0.624. The van der Waals surface area contributed by atoms with E-state index in [1.807, 2.05) is 12.1 Å². The van der Waals surface area contributed by atoms with Gasteiger partial charge < -0.3 is 10.3 Å². The molecule has 0 atom stereocenters. The SMILES string of the molecule is O=C(Nc1ccc(-c2ncc[nH]2)cc1)c1ccc2c(c1)C(=O)N(C1CCCCC1)C2=O. The molecule has 1 aliphatic carbocycles. The molecule has 1 aromatic heterocycles. The molecule has 0 radical (unpaired) electrons. The van der Waals surface area contributed by atoms with Crippen LogP contribution < -0.4 is 5.32 Å². The summed E-state index contributed by atoms with van der Waals surface area (Å²) in [6.45, 7) is 0. The number of hydrogen-bond acceptors (Lipinski definition) is 4. The average Bonchev–Trinajstić information content (AvgIpc) is 3.42. The minimum absolute atomic E-state index is 0.0360. The van der Waals surface area contributed by atoms with Gasteiger partial charge in [-0.3, -0.25) is 19.3 Å². The van der Waals surface area contributed by atoms with Crippen molar-refractivity contribution in [2.45, 2.75) is 38.1 Å². The first-order chi connectivity index (χ1) is 15.1. The highest BCUT2D eigenvalue weighted by atomic mass is 16.2. The van der Waals surface area contributed by atoms with E-state index in [2.05, 4.69) is 15.3 Å². The molecule has 2 aromatic carbocycles. The van der Waals surface area contributed by atoms with E-state index in [-0.39, 0.29) is 23.8 Å². The van der Waals surface area contributed by atoms with E-state index in [0.717, 1.165) is 43.5 Å². The van der Waals surface area contributed by atoms with Gasteiger partial charge in [-0.05, 0) is 55.3 Å². The van der Waals surface area contributed by atoms with Crippen molar-refractivity contribution < 1.29 is 14.4 Å². The molecule has 3 amide bonds. The smallest absolute Gasteiger partial charge is 0.261 e. The first-order valence-corrected chi connectivity index (χ1v) is 10.5. The predicted molar refractivity (Wildman–Crippen MR) is 116 cm³/mol. The predicted octanol–water partition coefficient (Wildman–Crippen LogP) is 4.26. The Labute approximate surface area is 179 Å². The van der Waals surface area contributed by atoms with Crippen molar-refractivity contribution in [1.82, 2.24) is 14.9 Å². The molecule has 1 aliphatic heterocycles. The van der Waals surface area contributed by atoms with E-state index < -0.39 is 0 Å². The summed E-state index contributed by atoms with van der Waals surface area (Å²) in [7, 11) is 0. The summed E-state index contributed by atoms with van der Waals surface area (Å²) in [5.41, 5.74) is 2.59. The van der Waals surface area contributed by atoms with Crippen LogP contribution in [0.4, 0.5) is 5.69 Å². The Kier molecular flexibility index (Phi) is 4.86. The number of imidazole rings is 1. The molecule has 5 rings (SSSR count). The van der Waals surface area contributed by atoms with Gasteiger partial charge in [-0.2, -0.15) is 0 Å². The van der Waals surface area contributed by atoms with Crippen LogP contribution in [0.15, 0.2) is 54.9 Å². The Morgan fingerprint density at radius 1 is 0.968 bits per heavy atom. The monoisotopic (exact) mass is 414 g/mol. The summed E-state index contributed by atoms with van der Waals surface area (Å²) in [6, 6.07) is 12.0. The Morgan fingerprint density at radius 2 is 1.71 bits per heavy atom. The van der Waals surface area contributed by atoms with Gasteiger partial charge in [0.1, 0.15) is 5.82 Å². The normalized spacial score (nSPS) is 16.5. The van der Waals surface area contributed by atoms with Gasteiger partial charge in [-0.25, -0.2) is 4.98 Å². The fourth-order valence-electron chi connectivity index (χ4n) is 4.41. The zero-order chi connectivity index (χ0) is 21.4. The average molecular weight is 414 g/mol. The highest BCUT2D eigenvalue weighted by molar-refractivity contribution is 6.22. The zero-order valence-electron chi connectivity index (χ0n) is 16.9. The maximum Gasteiger partial charge on any atom is 0.261 e. The number of carbonyl (C=O) groups excluding carboxylic acids is 3. The van der Waals surface area contributed by atoms with Gasteiger partial charge in [-0.1, -0.05) is 19.3 Å². The van der Waals surface area contributed by atoms with Crippen LogP contribution in [0.3, 0.4) is 0 Å². The number of aromatic nitrogens is 2. The van der Waals surface area contributed by atoms with Crippen molar-refractivity contribution in [1.29, 1.82) is 0 Å². The number of imide groups is 1. The highest BCUT2D eigenvalue weighted by Crippen LogP contribution is 2.31. The Hall–Kier alpha value is -3.74. The summed E-state index contributed by atoms with van der Waals surface area (Å²) in [4.78, 5) is 47.2. The molecule has 0 saturated heterocycles. The van der Waals surface area contributed by atoms with Crippen molar-refractivity contribution in [2.75, 3.05) is 5.32 Å². The molecule has 0 spiro atoms. The van der Waals surface area contributed by atoms with E-state index in [1.54, 1.807) is 36.7 Å². The third-order valence-electron chi connectivity index (χ3n) is 6.03. The number of fused-ring (bicyclic) bond motifs is 1. The van der Waals surface area contributed by atoms with Crippen LogP contribution in [-0.2, 0) is 0 Å². The number of anilines is 1. The fourth-order valence-corrected chi connectivity index (χ4v) is 4.41. The lowest BCUT2D eigenvalue weighted by Crippen LogP contribution is -2.40. The van der Waals surface area contributed by atoms with Gasteiger partial charge in [0.15, 0.2) is 0 Å². The van der Waals surface area contributed by atoms with E-state index in [9.17, 15) is 14.4 Å². The van der Waals surface area contributed by atoms with Gasteiger partial charge in [0, 0.05) is 35.2 Å². The second-order valence-corrected chi connectivity index (χ2v) is 8.00. The Morgan fingerprint density at radius 3 is 2.42 bits per heavy atom. The molecule has 7 nitrogen and oxygen atoms in total. The fraction of sp³-hybridized carbons (Fsp3) is 0.250. The largest absolute Gasteiger partial charge is 0.345 e. The minimum Gasteiger partial charge on any atom is -0.345 e. The molecule has 1 fully saturated rings. The number of amides is 3. The lowest BCUT2D eigenvalue weighted by atomic mass is 9.94. The van der Waals surface area contributed by atoms with Gasteiger partial charge in [-0.15, -0.1) is 0 Å². The number of hydrogen-bond donors (Lipinski definition) is 2. The van der Waals surface area contributed by atoms with E-state index in [0.29, 0.717) is 22.4 Å². The van der Waals surface area contributed by atoms with Crippen LogP contribution in [0.5, 0.6) is 0 Å². The number of benzene rings is 2. The van der Waals surface area contributed by atoms with Crippen LogP contribution in [0.1, 0.15) is 63.2 Å². The maximum absolute atomic E-state index is 13.0. The van der Waals surface area contributed by atoms with Crippen LogP contribution in [0.25, 0.3) is 11.4 Å². The number of aromatic amines is 1. The van der Waals surface area contributed by atoms with Crippen LogP contribution in [-0.4, -0.2) is 38.6 Å². The number of carbonyl (C=O) groups is 3.